The van der Waals surface area contributed by atoms with Gasteiger partial charge in [0.1, 0.15) is 0 Å². The van der Waals surface area contributed by atoms with E-state index in [4.69, 9.17) is 0 Å². The Morgan fingerprint density at radius 2 is 2.00 bits per heavy atom. The van der Waals surface area contributed by atoms with Crippen LogP contribution in [0.1, 0.15) is 18.9 Å². The van der Waals surface area contributed by atoms with Crippen LogP contribution in [-0.2, 0) is 16.6 Å². The van der Waals surface area contributed by atoms with Crippen molar-refractivity contribution in [3.63, 3.8) is 0 Å². The molecule has 1 rings (SSSR count). The van der Waals surface area contributed by atoms with Crippen molar-refractivity contribution in [2.75, 3.05) is 5.75 Å². The fourth-order valence-electron chi connectivity index (χ4n) is 1.03. The summed E-state index contributed by atoms with van der Waals surface area (Å²) in [4.78, 5) is 3.85. The first-order valence-electron chi connectivity index (χ1n) is 4.50. The molecule has 1 N–H and O–H groups in total. The van der Waals surface area contributed by atoms with Crippen LogP contribution in [-0.4, -0.2) is 19.2 Å². The second-order valence-electron chi connectivity index (χ2n) is 3.00. The third-order valence-electron chi connectivity index (χ3n) is 1.72. The molecule has 0 saturated heterocycles. The van der Waals surface area contributed by atoms with Crippen LogP contribution in [0, 0.1) is 0 Å². The fraction of sp³-hybridized carbons (Fsp3) is 0.444. The van der Waals surface area contributed by atoms with Crippen LogP contribution in [0.15, 0.2) is 24.5 Å². The van der Waals surface area contributed by atoms with Gasteiger partial charge in [-0.3, -0.25) is 4.98 Å². The fourth-order valence-corrected chi connectivity index (χ4v) is 2.10. The lowest BCUT2D eigenvalue weighted by Crippen LogP contribution is -2.25. The van der Waals surface area contributed by atoms with Crippen LogP contribution in [0.5, 0.6) is 0 Å². The van der Waals surface area contributed by atoms with Crippen molar-refractivity contribution in [2.45, 2.75) is 19.9 Å². The van der Waals surface area contributed by atoms with Gasteiger partial charge in [-0.05, 0) is 24.1 Å². The molecule has 0 aromatic carbocycles. The second-order valence-corrected chi connectivity index (χ2v) is 4.92. The van der Waals surface area contributed by atoms with Gasteiger partial charge in [-0.1, -0.05) is 6.92 Å². The van der Waals surface area contributed by atoms with Gasteiger partial charge in [0.15, 0.2) is 0 Å². The van der Waals surface area contributed by atoms with E-state index >= 15 is 0 Å². The van der Waals surface area contributed by atoms with Gasteiger partial charge in [-0.2, -0.15) is 0 Å². The SMILES string of the molecule is CCCS(=O)(=O)NCc1ccncc1. The van der Waals surface area contributed by atoms with E-state index in [-0.39, 0.29) is 5.75 Å². The summed E-state index contributed by atoms with van der Waals surface area (Å²) in [6, 6.07) is 3.57. The summed E-state index contributed by atoms with van der Waals surface area (Å²) in [5.74, 6) is 0.179. The number of nitrogens with zero attached hydrogens (tertiary/aromatic N) is 1. The van der Waals surface area contributed by atoms with Gasteiger partial charge in [0.2, 0.25) is 10.0 Å². The third-order valence-corrected chi connectivity index (χ3v) is 3.25. The molecule has 0 aliphatic carbocycles. The minimum absolute atomic E-state index is 0.179. The van der Waals surface area contributed by atoms with E-state index in [1.807, 2.05) is 6.92 Å². The zero-order chi connectivity index (χ0) is 10.4. The smallest absolute Gasteiger partial charge is 0.211 e. The van der Waals surface area contributed by atoms with Crippen molar-refractivity contribution >= 4 is 10.0 Å². The standard InChI is InChI=1S/C9H14N2O2S/c1-2-7-14(12,13)11-8-9-3-5-10-6-4-9/h3-6,11H,2,7-8H2,1H3. The van der Waals surface area contributed by atoms with Gasteiger partial charge in [0, 0.05) is 18.9 Å². The molecular formula is C9H14N2O2S. The summed E-state index contributed by atoms with van der Waals surface area (Å²) >= 11 is 0. The number of rotatable bonds is 5. The zero-order valence-electron chi connectivity index (χ0n) is 8.10. The molecule has 78 valence electrons. The Bertz CT molecular complexity index is 362. The number of hydrogen-bond acceptors (Lipinski definition) is 3. The second kappa shape index (κ2) is 5.07. The maximum Gasteiger partial charge on any atom is 0.211 e. The largest absolute Gasteiger partial charge is 0.265 e. The molecule has 0 aliphatic rings. The van der Waals surface area contributed by atoms with Crippen LogP contribution in [0.3, 0.4) is 0 Å². The first kappa shape index (κ1) is 11.1. The predicted molar refractivity (Wildman–Crippen MR) is 55.2 cm³/mol. The Balaban J connectivity index is 2.49. The van der Waals surface area contributed by atoms with Gasteiger partial charge >= 0.3 is 0 Å². The average molecular weight is 214 g/mol. The molecule has 0 bridgehead atoms. The number of aromatic nitrogens is 1. The van der Waals surface area contributed by atoms with Crippen LogP contribution < -0.4 is 4.72 Å². The molecule has 0 unspecified atom stereocenters. The topological polar surface area (TPSA) is 59.1 Å². The highest BCUT2D eigenvalue weighted by Crippen LogP contribution is 1.97. The van der Waals surface area contributed by atoms with Crippen molar-refractivity contribution in [3.05, 3.63) is 30.1 Å². The van der Waals surface area contributed by atoms with Gasteiger partial charge in [-0.15, -0.1) is 0 Å². The molecular weight excluding hydrogens is 200 g/mol. The number of hydrogen-bond donors (Lipinski definition) is 1. The Morgan fingerprint density at radius 3 is 2.57 bits per heavy atom. The minimum atomic E-state index is -3.10. The number of pyridine rings is 1. The van der Waals surface area contributed by atoms with E-state index in [0.29, 0.717) is 13.0 Å². The van der Waals surface area contributed by atoms with E-state index < -0.39 is 10.0 Å². The van der Waals surface area contributed by atoms with Crippen molar-refractivity contribution in [3.8, 4) is 0 Å². The molecule has 4 nitrogen and oxygen atoms in total. The van der Waals surface area contributed by atoms with E-state index in [0.717, 1.165) is 5.56 Å². The van der Waals surface area contributed by atoms with Crippen LogP contribution in [0.4, 0.5) is 0 Å². The lowest BCUT2D eigenvalue weighted by molar-refractivity contribution is 0.580. The Hall–Kier alpha value is -0.940. The van der Waals surface area contributed by atoms with Crippen molar-refractivity contribution in [2.24, 2.45) is 0 Å². The molecule has 1 aromatic heterocycles. The van der Waals surface area contributed by atoms with Crippen LogP contribution >= 0.6 is 0 Å². The van der Waals surface area contributed by atoms with Crippen molar-refractivity contribution < 1.29 is 8.42 Å². The summed E-state index contributed by atoms with van der Waals surface area (Å²) in [6.45, 7) is 2.18. The first-order chi connectivity index (χ1) is 6.64. The third kappa shape index (κ3) is 3.85. The number of nitrogens with one attached hydrogen (secondary N) is 1. The highest BCUT2D eigenvalue weighted by molar-refractivity contribution is 7.89. The number of sulfonamides is 1. The molecule has 1 aromatic rings. The summed E-state index contributed by atoms with van der Waals surface area (Å²) < 4.78 is 25.1. The first-order valence-corrected chi connectivity index (χ1v) is 6.15. The molecule has 0 saturated carbocycles. The minimum Gasteiger partial charge on any atom is -0.265 e. The van der Waals surface area contributed by atoms with E-state index in [1.165, 1.54) is 0 Å². The van der Waals surface area contributed by atoms with E-state index in [1.54, 1.807) is 24.5 Å². The maximum absolute atomic E-state index is 11.3. The monoisotopic (exact) mass is 214 g/mol. The van der Waals surface area contributed by atoms with Crippen LogP contribution in [0.2, 0.25) is 0 Å². The summed E-state index contributed by atoms with van der Waals surface area (Å²) in [7, 11) is -3.10. The highest BCUT2D eigenvalue weighted by Gasteiger charge is 2.07. The Kier molecular flexibility index (Phi) is 4.03. The zero-order valence-corrected chi connectivity index (χ0v) is 8.92. The van der Waals surface area contributed by atoms with Gasteiger partial charge in [-0.25, -0.2) is 13.1 Å². The summed E-state index contributed by atoms with van der Waals surface area (Å²) in [6.07, 6.45) is 3.92. The highest BCUT2D eigenvalue weighted by atomic mass is 32.2. The molecule has 5 heteroatoms. The van der Waals surface area contributed by atoms with Crippen molar-refractivity contribution in [1.29, 1.82) is 0 Å². The summed E-state index contributed by atoms with van der Waals surface area (Å²) in [5.41, 5.74) is 0.916. The lowest BCUT2D eigenvalue weighted by atomic mass is 10.3. The molecule has 0 atom stereocenters. The van der Waals surface area contributed by atoms with Gasteiger partial charge < -0.3 is 0 Å². The molecule has 1 heterocycles. The normalized spacial score (nSPS) is 11.5. The summed E-state index contributed by atoms with van der Waals surface area (Å²) in [5, 5.41) is 0. The quantitative estimate of drug-likeness (QED) is 0.792. The maximum atomic E-state index is 11.3. The van der Waals surface area contributed by atoms with Crippen LogP contribution in [0.25, 0.3) is 0 Å². The molecule has 0 aliphatic heterocycles. The van der Waals surface area contributed by atoms with E-state index in [9.17, 15) is 8.42 Å². The molecule has 0 amide bonds. The van der Waals surface area contributed by atoms with Gasteiger partial charge in [0.05, 0.1) is 5.75 Å². The average Bonchev–Trinajstić information content (AvgIpc) is 2.17. The predicted octanol–water partition coefficient (Wildman–Crippen LogP) is 0.911. The lowest BCUT2D eigenvalue weighted by Gasteiger charge is -2.04. The molecule has 14 heavy (non-hydrogen) atoms. The Morgan fingerprint density at radius 1 is 1.36 bits per heavy atom. The molecule has 0 fully saturated rings. The molecule has 0 spiro atoms. The van der Waals surface area contributed by atoms with Crippen molar-refractivity contribution in [1.82, 2.24) is 9.71 Å². The molecule has 0 radical (unpaired) electrons. The Labute approximate surface area is 84.4 Å². The van der Waals surface area contributed by atoms with Gasteiger partial charge in [0.25, 0.3) is 0 Å². The van der Waals surface area contributed by atoms with E-state index in [2.05, 4.69) is 9.71 Å².